The molecule has 1 aliphatic rings. The number of nitrogens with zero attached hydrogens (tertiary/aromatic N) is 2. The molecule has 118 valence electrons. The van der Waals surface area contributed by atoms with Gasteiger partial charge in [0.05, 0.1) is 18.4 Å². The van der Waals surface area contributed by atoms with Gasteiger partial charge in [0.25, 0.3) is 0 Å². The van der Waals surface area contributed by atoms with Crippen LogP contribution in [0.25, 0.3) is 0 Å². The maximum atomic E-state index is 12.4. The molecule has 1 heterocycles. The molecular weight excluding hydrogens is 288 g/mol. The molecule has 0 bridgehead atoms. The van der Waals surface area contributed by atoms with Gasteiger partial charge in [-0.3, -0.25) is 4.90 Å². The molecule has 1 aromatic rings. The molecule has 1 atom stereocenters. The largest absolute Gasteiger partial charge is 0.496 e. The number of ether oxygens (including phenoxy) is 1. The van der Waals surface area contributed by atoms with Crippen molar-refractivity contribution in [3.63, 3.8) is 0 Å². The van der Waals surface area contributed by atoms with Gasteiger partial charge in [0, 0.05) is 25.2 Å². The molecule has 0 radical (unpaired) electrons. The van der Waals surface area contributed by atoms with Crippen molar-refractivity contribution in [3.8, 4) is 5.75 Å². The number of para-hydroxylation sites is 1. The molecule has 6 heteroatoms. The first kappa shape index (κ1) is 16.3. The Labute approximate surface area is 127 Å². The zero-order valence-electron chi connectivity index (χ0n) is 13.1. The minimum atomic E-state index is -3.22. The van der Waals surface area contributed by atoms with E-state index < -0.39 is 10.0 Å². The van der Waals surface area contributed by atoms with Crippen molar-refractivity contribution in [2.24, 2.45) is 0 Å². The third-order valence-corrected chi connectivity index (χ3v) is 6.31. The summed E-state index contributed by atoms with van der Waals surface area (Å²) in [4.78, 5) is 2.18. The molecule has 0 aromatic heterocycles. The molecule has 5 nitrogen and oxygen atoms in total. The van der Waals surface area contributed by atoms with Crippen molar-refractivity contribution in [2.45, 2.75) is 25.1 Å². The number of methoxy groups -OCH3 is 1. The molecule has 0 spiro atoms. The lowest BCUT2D eigenvalue weighted by Crippen LogP contribution is -2.50. The van der Waals surface area contributed by atoms with E-state index in [-0.39, 0.29) is 11.3 Å². The highest BCUT2D eigenvalue weighted by molar-refractivity contribution is 7.89. The summed E-state index contributed by atoms with van der Waals surface area (Å²) < 4.78 is 31.8. The van der Waals surface area contributed by atoms with Gasteiger partial charge >= 0.3 is 0 Å². The van der Waals surface area contributed by atoms with E-state index in [0.717, 1.165) is 11.3 Å². The summed E-state index contributed by atoms with van der Waals surface area (Å²) in [6, 6.07) is 7.82. The minimum Gasteiger partial charge on any atom is -0.496 e. The van der Waals surface area contributed by atoms with E-state index in [1.165, 1.54) is 0 Å². The SMILES string of the molecule is COc1ccccc1C1CN(S(=O)(=O)C(C)C)CCN1C. The van der Waals surface area contributed by atoms with E-state index in [4.69, 9.17) is 4.74 Å². The first-order valence-corrected chi connectivity index (χ1v) is 8.70. The first-order valence-electron chi connectivity index (χ1n) is 7.20. The van der Waals surface area contributed by atoms with Gasteiger partial charge in [-0.25, -0.2) is 8.42 Å². The van der Waals surface area contributed by atoms with Crippen molar-refractivity contribution in [3.05, 3.63) is 29.8 Å². The van der Waals surface area contributed by atoms with E-state index in [0.29, 0.717) is 19.6 Å². The van der Waals surface area contributed by atoms with Crippen LogP contribution in [0.5, 0.6) is 5.75 Å². The smallest absolute Gasteiger partial charge is 0.216 e. The number of rotatable bonds is 4. The van der Waals surface area contributed by atoms with Gasteiger partial charge in [0.1, 0.15) is 5.75 Å². The summed E-state index contributed by atoms with van der Waals surface area (Å²) in [5.74, 6) is 0.804. The van der Waals surface area contributed by atoms with Crippen LogP contribution >= 0.6 is 0 Å². The molecule has 21 heavy (non-hydrogen) atoms. The number of hydrogen-bond acceptors (Lipinski definition) is 4. The fourth-order valence-corrected chi connectivity index (χ4v) is 3.94. The summed E-state index contributed by atoms with van der Waals surface area (Å²) in [5, 5.41) is -0.390. The van der Waals surface area contributed by atoms with Gasteiger partial charge in [0.2, 0.25) is 10.0 Å². The van der Waals surface area contributed by atoms with Crippen molar-refractivity contribution >= 4 is 10.0 Å². The van der Waals surface area contributed by atoms with E-state index in [1.54, 1.807) is 25.3 Å². The zero-order chi connectivity index (χ0) is 15.6. The lowest BCUT2D eigenvalue weighted by molar-refractivity contribution is 0.145. The Kier molecular flexibility index (Phi) is 4.91. The maximum absolute atomic E-state index is 12.4. The molecule has 2 rings (SSSR count). The van der Waals surface area contributed by atoms with Gasteiger partial charge in [-0.15, -0.1) is 0 Å². The minimum absolute atomic E-state index is 0.0171. The van der Waals surface area contributed by atoms with Gasteiger partial charge in [0.15, 0.2) is 0 Å². The number of benzene rings is 1. The highest BCUT2D eigenvalue weighted by atomic mass is 32.2. The molecular formula is C15H24N2O3S. The Balaban J connectivity index is 2.31. The Morgan fingerprint density at radius 2 is 1.90 bits per heavy atom. The van der Waals surface area contributed by atoms with Crippen LogP contribution in [-0.4, -0.2) is 56.7 Å². The van der Waals surface area contributed by atoms with E-state index in [1.807, 2.05) is 31.3 Å². The third-order valence-electron chi connectivity index (χ3n) is 4.06. The van der Waals surface area contributed by atoms with Crippen LogP contribution in [0.2, 0.25) is 0 Å². The number of hydrogen-bond donors (Lipinski definition) is 0. The lowest BCUT2D eigenvalue weighted by Gasteiger charge is -2.40. The molecule has 0 N–H and O–H groups in total. The van der Waals surface area contributed by atoms with Crippen LogP contribution in [0, 0.1) is 0 Å². The predicted octanol–water partition coefficient (Wildman–Crippen LogP) is 1.72. The molecule has 0 aliphatic carbocycles. The van der Waals surface area contributed by atoms with Crippen molar-refractivity contribution in [2.75, 3.05) is 33.8 Å². The van der Waals surface area contributed by atoms with Gasteiger partial charge < -0.3 is 4.74 Å². The Morgan fingerprint density at radius 3 is 2.52 bits per heavy atom. The average Bonchev–Trinajstić information content (AvgIpc) is 2.47. The molecule has 1 fully saturated rings. The first-order chi connectivity index (χ1) is 9.87. The standard InChI is InChI=1S/C15H24N2O3S/c1-12(2)21(18,19)17-10-9-16(3)14(11-17)13-7-5-6-8-15(13)20-4/h5-8,12,14H,9-11H2,1-4H3. The molecule has 0 saturated carbocycles. The zero-order valence-corrected chi connectivity index (χ0v) is 13.9. The number of sulfonamides is 1. The molecule has 1 unspecified atom stereocenters. The molecule has 1 saturated heterocycles. The van der Waals surface area contributed by atoms with Crippen LogP contribution in [0.15, 0.2) is 24.3 Å². The van der Waals surface area contributed by atoms with Crippen LogP contribution in [0.4, 0.5) is 0 Å². The van der Waals surface area contributed by atoms with Gasteiger partial charge in [-0.1, -0.05) is 18.2 Å². The Morgan fingerprint density at radius 1 is 1.24 bits per heavy atom. The second-order valence-corrected chi connectivity index (χ2v) is 8.18. The third kappa shape index (κ3) is 3.22. The highest BCUT2D eigenvalue weighted by Gasteiger charge is 2.34. The summed E-state index contributed by atoms with van der Waals surface area (Å²) in [7, 11) is 0.449. The molecule has 1 aromatic carbocycles. The van der Waals surface area contributed by atoms with Crippen molar-refractivity contribution in [1.29, 1.82) is 0 Å². The monoisotopic (exact) mass is 312 g/mol. The number of likely N-dealkylation sites (N-methyl/N-ethyl adjacent to an activating group) is 1. The molecule has 1 aliphatic heterocycles. The topological polar surface area (TPSA) is 49.9 Å². The predicted molar refractivity (Wildman–Crippen MR) is 84.0 cm³/mol. The second-order valence-electron chi connectivity index (χ2n) is 5.69. The van der Waals surface area contributed by atoms with Crippen molar-refractivity contribution < 1.29 is 13.2 Å². The van der Waals surface area contributed by atoms with Crippen LogP contribution < -0.4 is 4.74 Å². The van der Waals surface area contributed by atoms with Crippen molar-refractivity contribution in [1.82, 2.24) is 9.21 Å². The highest BCUT2D eigenvalue weighted by Crippen LogP contribution is 2.32. The quantitative estimate of drug-likeness (QED) is 0.849. The summed E-state index contributed by atoms with van der Waals surface area (Å²) in [6.07, 6.45) is 0. The maximum Gasteiger partial charge on any atom is 0.216 e. The van der Waals surface area contributed by atoms with E-state index >= 15 is 0 Å². The summed E-state index contributed by atoms with van der Waals surface area (Å²) in [5.41, 5.74) is 1.03. The fraction of sp³-hybridized carbons (Fsp3) is 0.600. The van der Waals surface area contributed by atoms with E-state index in [9.17, 15) is 8.42 Å². The average molecular weight is 312 g/mol. The van der Waals surface area contributed by atoms with Gasteiger partial charge in [-0.2, -0.15) is 4.31 Å². The number of piperazine rings is 1. The summed E-state index contributed by atoms with van der Waals surface area (Å²) in [6.45, 7) is 5.19. The van der Waals surface area contributed by atoms with Crippen LogP contribution in [0.3, 0.4) is 0 Å². The Hall–Kier alpha value is -1.11. The van der Waals surface area contributed by atoms with Crippen LogP contribution in [-0.2, 0) is 10.0 Å². The lowest BCUT2D eigenvalue weighted by atomic mass is 10.0. The van der Waals surface area contributed by atoms with Gasteiger partial charge in [-0.05, 0) is 27.0 Å². The second kappa shape index (κ2) is 6.34. The molecule has 0 amide bonds. The normalized spacial score (nSPS) is 21.7. The summed E-state index contributed by atoms with van der Waals surface area (Å²) >= 11 is 0. The fourth-order valence-electron chi connectivity index (χ4n) is 2.66. The van der Waals surface area contributed by atoms with Crippen LogP contribution in [0.1, 0.15) is 25.5 Å². The Bertz CT molecular complexity index is 586. The van der Waals surface area contributed by atoms with E-state index in [2.05, 4.69) is 4.90 Å².